The van der Waals surface area contributed by atoms with Gasteiger partial charge in [0, 0.05) is 6.04 Å². The monoisotopic (exact) mass is 369 g/mol. The zero-order valence-electron chi connectivity index (χ0n) is 13.2. The van der Waals surface area contributed by atoms with Crippen LogP contribution in [0.15, 0.2) is 41.6 Å². The third-order valence-electron chi connectivity index (χ3n) is 3.97. The van der Waals surface area contributed by atoms with E-state index >= 15 is 0 Å². The predicted octanol–water partition coefficient (Wildman–Crippen LogP) is 2.42. The first kappa shape index (κ1) is 17.7. The van der Waals surface area contributed by atoms with E-state index in [-0.39, 0.29) is 23.1 Å². The highest BCUT2D eigenvalue weighted by atomic mass is 32.2. The largest absolute Gasteiger partial charge is 0.460 e. The lowest BCUT2D eigenvalue weighted by Crippen LogP contribution is -2.39. The number of sulfonamides is 1. The first-order valence-corrected chi connectivity index (χ1v) is 9.33. The SMILES string of the molecule is O=S(=O)(NC1CCC(Oc2ncc(F)cn2)CC1)c1cccc(F)c1. The van der Waals surface area contributed by atoms with E-state index in [9.17, 15) is 17.2 Å². The third-order valence-corrected chi connectivity index (χ3v) is 5.49. The summed E-state index contributed by atoms with van der Waals surface area (Å²) in [6.45, 7) is 0. The summed E-state index contributed by atoms with van der Waals surface area (Å²) in [4.78, 5) is 7.39. The number of halogens is 2. The fourth-order valence-electron chi connectivity index (χ4n) is 2.73. The maximum atomic E-state index is 13.2. The maximum Gasteiger partial charge on any atom is 0.316 e. The molecule has 1 heterocycles. The highest BCUT2D eigenvalue weighted by Gasteiger charge is 2.27. The van der Waals surface area contributed by atoms with Crippen molar-refractivity contribution in [3.05, 3.63) is 48.3 Å². The normalized spacial score (nSPS) is 21.0. The molecule has 0 bridgehead atoms. The predicted molar refractivity (Wildman–Crippen MR) is 85.4 cm³/mol. The Balaban J connectivity index is 1.54. The molecule has 0 unspecified atom stereocenters. The van der Waals surface area contributed by atoms with Gasteiger partial charge >= 0.3 is 6.01 Å². The van der Waals surface area contributed by atoms with Gasteiger partial charge in [-0.25, -0.2) is 31.9 Å². The van der Waals surface area contributed by atoms with Gasteiger partial charge in [-0.1, -0.05) is 6.07 Å². The molecule has 1 aromatic carbocycles. The Morgan fingerprint density at radius 3 is 2.36 bits per heavy atom. The van der Waals surface area contributed by atoms with Crippen LogP contribution < -0.4 is 9.46 Å². The minimum absolute atomic E-state index is 0.0921. The van der Waals surface area contributed by atoms with Crippen LogP contribution in [0, 0.1) is 11.6 Å². The quantitative estimate of drug-likeness (QED) is 0.875. The Morgan fingerprint density at radius 1 is 1.04 bits per heavy atom. The molecule has 1 aliphatic carbocycles. The van der Waals surface area contributed by atoms with Crippen molar-refractivity contribution in [1.29, 1.82) is 0 Å². The van der Waals surface area contributed by atoms with Crippen LogP contribution in [-0.4, -0.2) is 30.5 Å². The maximum absolute atomic E-state index is 13.2. The summed E-state index contributed by atoms with van der Waals surface area (Å²) in [6, 6.07) is 4.75. The van der Waals surface area contributed by atoms with E-state index in [4.69, 9.17) is 4.74 Å². The van der Waals surface area contributed by atoms with Gasteiger partial charge in [0.2, 0.25) is 10.0 Å². The summed E-state index contributed by atoms with van der Waals surface area (Å²) in [7, 11) is -3.76. The molecule has 25 heavy (non-hydrogen) atoms. The van der Waals surface area contributed by atoms with Crippen molar-refractivity contribution in [3.8, 4) is 6.01 Å². The highest BCUT2D eigenvalue weighted by Crippen LogP contribution is 2.23. The summed E-state index contributed by atoms with van der Waals surface area (Å²) in [5.41, 5.74) is 0. The van der Waals surface area contributed by atoms with Gasteiger partial charge in [-0.3, -0.25) is 0 Å². The number of ether oxygens (including phenoxy) is 1. The zero-order chi connectivity index (χ0) is 17.9. The Morgan fingerprint density at radius 2 is 1.72 bits per heavy atom. The summed E-state index contributed by atoms with van der Waals surface area (Å²) in [5.74, 6) is -1.14. The van der Waals surface area contributed by atoms with E-state index in [1.165, 1.54) is 18.2 Å². The van der Waals surface area contributed by atoms with Crippen LogP contribution in [0.1, 0.15) is 25.7 Å². The van der Waals surface area contributed by atoms with Crippen molar-refractivity contribution >= 4 is 10.0 Å². The first-order valence-electron chi connectivity index (χ1n) is 7.84. The summed E-state index contributed by atoms with van der Waals surface area (Å²) in [6.07, 6.45) is 4.26. The molecule has 1 aromatic heterocycles. The number of rotatable bonds is 5. The molecule has 1 fully saturated rings. The van der Waals surface area contributed by atoms with E-state index in [2.05, 4.69) is 14.7 Å². The van der Waals surface area contributed by atoms with Gasteiger partial charge in [-0.05, 0) is 43.9 Å². The average Bonchev–Trinajstić information content (AvgIpc) is 2.58. The second-order valence-electron chi connectivity index (χ2n) is 5.85. The molecule has 1 aliphatic rings. The summed E-state index contributed by atoms with van der Waals surface area (Å²) < 4.78 is 58.7. The fraction of sp³-hybridized carbons (Fsp3) is 0.375. The number of hydrogen-bond donors (Lipinski definition) is 1. The minimum atomic E-state index is -3.76. The second-order valence-corrected chi connectivity index (χ2v) is 7.57. The second kappa shape index (κ2) is 7.40. The fourth-order valence-corrected chi connectivity index (χ4v) is 4.07. The zero-order valence-corrected chi connectivity index (χ0v) is 14.0. The van der Waals surface area contributed by atoms with Crippen LogP contribution in [-0.2, 0) is 10.0 Å². The van der Waals surface area contributed by atoms with Gasteiger partial charge in [0.25, 0.3) is 0 Å². The van der Waals surface area contributed by atoms with Crippen molar-refractivity contribution in [1.82, 2.24) is 14.7 Å². The first-order chi connectivity index (χ1) is 11.9. The van der Waals surface area contributed by atoms with Crippen LogP contribution in [0.4, 0.5) is 8.78 Å². The Kier molecular flexibility index (Phi) is 5.24. The van der Waals surface area contributed by atoms with Gasteiger partial charge in [0.05, 0.1) is 17.3 Å². The molecule has 0 amide bonds. The van der Waals surface area contributed by atoms with Gasteiger partial charge < -0.3 is 4.74 Å². The molecule has 6 nitrogen and oxygen atoms in total. The molecule has 0 aliphatic heterocycles. The van der Waals surface area contributed by atoms with E-state index in [0.717, 1.165) is 18.5 Å². The number of benzene rings is 1. The molecule has 1 saturated carbocycles. The standard InChI is InChI=1S/C16H17F2N3O3S/c17-11-2-1-3-15(8-11)25(22,23)21-13-4-6-14(7-5-13)24-16-19-9-12(18)10-20-16/h1-3,8-10,13-14,21H,4-7H2. The number of hydrogen-bond acceptors (Lipinski definition) is 5. The van der Waals surface area contributed by atoms with E-state index in [1.54, 1.807) is 0 Å². The molecule has 9 heteroatoms. The minimum Gasteiger partial charge on any atom is -0.460 e. The summed E-state index contributed by atoms with van der Waals surface area (Å²) in [5, 5.41) is 0. The van der Waals surface area contributed by atoms with Crippen LogP contribution in [0.3, 0.4) is 0 Å². The van der Waals surface area contributed by atoms with Gasteiger partial charge in [0.15, 0.2) is 5.82 Å². The Hall–Kier alpha value is -2.13. The molecule has 134 valence electrons. The highest BCUT2D eigenvalue weighted by molar-refractivity contribution is 7.89. The molecule has 1 N–H and O–H groups in total. The molecule has 0 spiro atoms. The lowest BCUT2D eigenvalue weighted by molar-refractivity contribution is 0.132. The van der Waals surface area contributed by atoms with E-state index < -0.39 is 21.7 Å². The van der Waals surface area contributed by atoms with Crippen molar-refractivity contribution in [3.63, 3.8) is 0 Å². The average molecular weight is 369 g/mol. The molecule has 0 saturated heterocycles. The van der Waals surface area contributed by atoms with Crippen LogP contribution in [0.5, 0.6) is 6.01 Å². The smallest absolute Gasteiger partial charge is 0.316 e. The molecule has 3 rings (SSSR count). The Bertz CT molecular complexity index is 823. The molecule has 0 radical (unpaired) electrons. The van der Waals surface area contributed by atoms with Gasteiger partial charge in [-0.2, -0.15) is 0 Å². The van der Waals surface area contributed by atoms with E-state index in [1.807, 2.05) is 0 Å². The van der Waals surface area contributed by atoms with Crippen molar-refractivity contribution < 1.29 is 21.9 Å². The number of nitrogens with one attached hydrogen (secondary N) is 1. The number of nitrogens with zero attached hydrogens (tertiary/aromatic N) is 2. The number of aromatic nitrogens is 2. The molecule has 2 aromatic rings. The van der Waals surface area contributed by atoms with E-state index in [0.29, 0.717) is 25.7 Å². The van der Waals surface area contributed by atoms with Crippen LogP contribution in [0.25, 0.3) is 0 Å². The van der Waals surface area contributed by atoms with Crippen molar-refractivity contribution in [2.24, 2.45) is 0 Å². The van der Waals surface area contributed by atoms with Crippen LogP contribution >= 0.6 is 0 Å². The van der Waals surface area contributed by atoms with Crippen molar-refractivity contribution in [2.75, 3.05) is 0 Å². The third kappa shape index (κ3) is 4.70. The van der Waals surface area contributed by atoms with Gasteiger partial charge in [-0.15, -0.1) is 0 Å². The molecule has 0 atom stereocenters. The lowest BCUT2D eigenvalue weighted by atomic mass is 9.94. The lowest BCUT2D eigenvalue weighted by Gasteiger charge is -2.28. The molecular formula is C16H17F2N3O3S. The van der Waals surface area contributed by atoms with Crippen molar-refractivity contribution in [2.45, 2.75) is 42.7 Å². The summed E-state index contributed by atoms with van der Waals surface area (Å²) >= 11 is 0. The Labute approximate surface area is 144 Å². The topological polar surface area (TPSA) is 81.2 Å². The van der Waals surface area contributed by atoms with Gasteiger partial charge in [0.1, 0.15) is 11.9 Å². The van der Waals surface area contributed by atoms with Crippen LogP contribution in [0.2, 0.25) is 0 Å². The molecular weight excluding hydrogens is 352 g/mol.